The predicted octanol–water partition coefficient (Wildman–Crippen LogP) is 3.82. The van der Waals surface area contributed by atoms with Gasteiger partial charge in [-0.3, -0.25) is 9.36 Å². The SMILES string of the molecule is COc1ccccc1[C@H]1CCN(CCn2c(=O)[nH]c3c(sc4ccccc43)c2=O)C1.Cl. The predicted molar refractivity (Wildman–Crippen MR) is 128 cm³/mol. The Bertz CT molecular complexity index is 1340. The maximum absolute atomic E-state index is 13.0. The highest BCUT2D eigenvalue weighted by atomic mass is 35.5. The van der Waals surface area contributed by atoms with E-state index in [9.17, 15) is 9.59 Å². The topological polar surface area (TPSA) is 67.3 Å². The number of methoxy groups -OCH3 is 1. The number of H-pyrrole nitrogens is 1. The fraction of sp³-hybridized carbons (Fsp3) is 0.304. The van der Waals surface area contributed by atoms with E-state index in [0.29, 0.717) is 29.2 Å². The summed E-state index contributed by atoms with van der Waals surface area (Å²) in [6.07, 6.45) is 1.04. The number of rotatable bonds is 5. The molecule has 5 rings (SSSR count). The molecule has 6 nitrogen and oxygen atoms in total. The van der Waals surface area contributed by atoms with Crippen LogP contribution in [0.4, 0.5) is 0 Å². The van der Waals surface area contributed by atoms with Gasteiger partial charge in [0.05, 0.1) is 12.6 Å². The molecular formula is C23H24ClN3O3S. The van der Waals surface area contributed by atoms with Crippen LogP contribution in [0, 0.1) is 0 Å². The molecule has 4 aromatic rings. The Kier molecular flexibility index (Phi) is 6.18. The molecule has 0 saturated carbocycles. The summed E-state index contributed by atoms with van der Waals surface area (Å²) in [4.78, 5) is 30.9. The number of nitrogens with zero attached hydrogens (tertiary/aromatic N) is 2. The molecule has 1 aliphatic heterocycles. The van der Waals surface area contributed by atoms with Crippen LogP contribution < -0.4 is 16.0 Å². The molecule has 2 aromatic heterocycles. The van der Waals surface area contributed by atoms with Crippen molar-refractivity contribution >= 4 is 44.0 Å². The third kappa shape index (κ3) is 3.89. The summed E-state index contributed by atoms with van der Waals surface area (Å²) in [5.74, 6) is 1.33. The molecule has 0 spiro atoms. The van der Waals surface area contributed by atoms with Gasteiger partial charge in [0.15, 0.2) is 0 Å². The van der Waals surface area contributed by atoms with Crippen molar-refractivity contribution in [2.24, 2.45) is 0 Å². The summed E-state index contributed by atoms with van der Waals surface area (Å²) in [5, 5.41) is 0.929. The molecule has 1 saturated heterocycles. The number of fused-ring (bicyclic) bond motifs is 3. The zero-order chi connectivity index (χ0) is 20.7. The van der Waals surface area contributed by atoms with E-state index in [1.165, 1.54) is 21.5 Å². The van der Waals surface area contributed by atoms with Gasteiger partial charge in [0, 0.05) is 35.6 Å². The van der Waals surface area contributed by atoms with E-state index in [1.807, 2.05) is 42.5 Å². The Hall–Kier alpha value is -2.61. The summed E-state index contributed by atoms with van der Waals surface area (Å²) >= 11 is 1.44. The third-order valence-electron chi connectivity index (χ3n) is 6.00. The Morgan fingerprint density at radius 2 is 1.87 bits per heavy atom. The molecule has 1 N–H and O–H groups in total. The Labute approximate surface area is 189 Å². The summed E-state index contributed by atoms with van der Waals surface area (Å²) in [6, 6.07) is 15.9. The van der Waals surface area contributed by atoms with Gasteiger partial charge in [0.1, 0.15) is 10.4 Å². The monoisotopic (exact) mass is 457 g/mol. The first kappa shape index (κ1) is 21.6. The molecule has 0 aliphatic carbocycles. The van der Waals surface area contributed by atoms with Gasteiger partial charge in [-0.1, -0.05) is 36.4 Å². The molecule has 1 fully saturated rings. The third-order valence-corrected chi connectivity index (χ3v) is 7.16. The first-order valence-electron chi connectivity index (χ1n) is 10.2. The number of hydrogen-bond donors (Lipinski definition) is 1. The quantitative estimate of drug-likeness (QED) is 0.494. The standard InChI is InChI=1S/C23H23N3O3S.ClH/c1-29-18-8-4-2-6-16(18)15-10-11-25(14-15)12-13-26-22(27)21-20(24-23(26)28)17-7-3-5-9-19(17)30-21;/h2-9,15H,10-14H2,1H3,(H,24,28);1H/t15-;/m0./s1. The summed E-state index contributed by atoms with van der Waals surface area (Å²) in [5.41, 5.74) is 1.34. The van der Waals surface area contributed by atoms with Gasteiger partial charge in [0.2, 0.25) is 0 Å². The largest absolute Gasteiger partial charge is 0.496 e. The van der Waals surface area contributed by atoms with Gasteiger partial charge in [0.25, 0.3) is 5.56 Å². The zero-order valence-electron chi connectivity index (χ0n) is 17.2. The van der Waals surface area contributed by atoms with Crippen molar-refractivity contribution < 1.29 is 4.74 Å². The molecular weight excluding hydrogens is 434 g/mol. The maximum Gasteiger partial charge on any atom is 0.328 e. The fourth-order valence-electron chi connectivity index (χ4n) is 4.45. The van der Waals surface area contributed by atoms with Gasteiger partial charge in [-0.25, -0.2) is 4.79 Å². The van der Waals surface area contributed by atoms with E-state index >= 15 is 0 Å². The second-order valence-electron chi connectivity index (χ2n) is 7.72. The highest BCUT2D eigenvalue weighted by Gasteiger charge is 2.26. The molecule has 31 heavy (non-hydrogen) atoms. The first-order valence-corrected chi connectivity index (χ1v) is 11.0. The van der Waals surface area contributed by atoms with Gasteiger partial charge in [-0.05, 0) is 30.7 Å². The van der Waals surface area contributed by atoms with Crippen LogP contribution in [0.25, 0.3) is 20.3 Å². The number of ether oxygens (including phenoxy) is 1. The molecule has 0 unspecified atom stereocenters. The second-order valence-corrected chi connectivity index (χ2v) is 8.77. The van der Waals surface area contributed by atoms with Crippen LogP contribution in [0.1, 0.15) is 17.9 Å². The van der Waals surface area contributed by atoms with Crippen molar-refractivity contribution in [3.05, 3.63) is 74.9 Å². The van der Waals surface area contributed by atoms with Gasteiger partial charge in [-0.15, -0.1) is 23.7 Å². The first-order chi connectivity index (χ1) is 14.7. The van der Waals surface area contributed by atoms with E-state index in [4.69, 9.17) is 4.74 Å². The number of aromatic nitrogens is 2. The van der Waals surface area contributed by atoms with Crippen LogP contribution in [0.15, 0.2) is 58.1 Å². The van der Waals surface area contributed by atoms with Crippen molar-refractivity contribution in [1.82, 2.24) is 14.5 Å². The zero-order valence-corrected chi connectivity index (χ0v) is 18.8. The molecule has 2 aromatic carbocycles. The van der Waals surface area contributed by atoms with E-state index < -0.39 is 0 Å². The lowest BCUT2D eigenvalue weighted by Crippen LogP contribution is -2.38. The molecule has 0 radical (unpaired) electrons. The summed E-state index contributed by atoms with van der Waals surface area (Å²) in [7, 11) is 1.70. The van der Waals surface area contributed by atoms with Crippen LogP contribution in [0.5, 0.6) is 5.75 Å². The Balaban J connectivity index is 0.00000231. The van der Waals surface area contributed by atoms with E-state index in [0.717, 1.165) is 35.3 Å². The summed E-state index contributed by atoms with van der Waals surface area (Å²) in [6.45, 7) is 2.90. The lowest BCUT2D eigenvalue weighted by molar-refractivity contribution is 0.313. The number of nitrogens with one attached hydrogen (secondary N) is 1. The highest BCUT2D eigenvalue weighted by Crippen LogP contribution is 2.33. The number of benzene rings is 2. The molecule has 8 heteroatoms. The van der Waals surface area contributed by atoms with Crippen LogP contribution >= 0.6 is 23.7 Å². The van der Waals surface area contributed by atoms with E-state index in [2.05, 4.69) is 16.0 Å². The Morgan fingerprint density at radius 1 is 1.10 bits per heavy atom. The smallest absolute Gasteiger partial charge is 0.328 e. The van der Waals surface area contributed by atoms with Crippen molar-refractivity contribution in [2.45, 2.75) is 18.9 Å². The van der Waals surface area contributed by atoms with Gasteiger partial charge in [-0.2, -0.15) is 0 Å². The van der Waals surface area contributed by atoms with Crippen molar-refractivity contribution in [2.75, 3.05) is 26.7 Å². The lowest BCUT2D eigenvalue weighted by atomic mass is 9.97. The second kappa shape index (κ2) is 8.86. The highest BCUT2D eigenvalue weighted by molar-refractivity contribution is 7.25. The van der Waals surface area contributed by atoms with Crippen molar-refractivity contribution in [1.29, 1.82) is 0 Å². The average Bonchev–Trinajstić information content (AvgIpc) is 3.39. The fourth-order valence-corrected chi connectivity index (χ4v) is 5.55. The molecule has 1 aliphatic rings. The minimum absolute atomic E-state index is 0. The number of halogens is 1. The normalized spacial score (nSPS) is 16.6. The van der Waals surface area contributed by atoms with Crippen molar-refractivity contribution in [3.8, 4) is 5.75 Å². The van der Waals surface area contributed by atoms with Crippen LogP contribution in [0.2, 0.25) is 0 Å². The van der Waals surface area contributed by atoms with E-state index in [-0.39, 0.29) is 23.7 Å². The summed E-state index contributed by atoms with van der Waals surface area (Å²) < 4.78 is 8.48. The molecule has 0 bridgehead atoms. The number of thiophene rings is 1. The number of likely N-dealkylation sites (tertiary alicyclic amines) is 1. The average molecular weight is 458 g/mol. The van der Waals surface area contributed by atoms with Crippen molar-refractivity contribution in [3.63, 3.8) is 0 Å². The molecule has 3 heterocycles. The number of hydrogen-bond acceptors (Lipinski definition) is 5. The van der Waals surface area contributed by atoms with Gasteiger partial charge < -0.3 is 14.6 Å². The number of aromatic amines is 1. The van der Waals surface area contributed by atoms with E-state index in [1.54, 1.807) is 7.11 Å². The molecule has 1 atom stereocenters. The number of para-hydroxylation sites is 1. The van der Waals surface area contributed by atoms with Crippen LogP contribution in [-0.4, -0.2) is 41.2 Å². The van der Waals surface area contributed by atoms with Crippen LogP contribution in [-0.2, 0) is 6.54 Å². The van der Waals surface area contributed by atoms with Gasteiger partial charge >= 0.3 is 5.69 Å². The molecule has 162 valence electrons. The Morgan fingerprint density at radius 3 is 2.71 bits per heavy atom. The molecule has 0 amide bonds. The van der Waals surface area contributed by atoms with Crippen LogP contribution in [0.3, 0.4) is 0 Å². The minimum atomic E-state index is -0.337. The maximum atomic E-state index is 13.0. The lowest BCUT2D eigenvalue weighted by Gasteiger charge is -2.17. The minimum Gasteiger partial charge on any atom is -0.496 e.